The Hall–Kier alpha value is -1.71. The summed E-state index contributed by atoms with van der Waals surface area (Å²) in [6, 6.07) is 11.4. The topological polar surface area (TPSA) is 42.4 Å². The number of aromatic nitrogens is 1. The van der Waals surface area contributed by atoms with Gasteiger partial charge in [-0.2, -0.15) is 0 Å². The highest BCUT2D eigenvalue weighted by Gasteiger charge is 2.13. The SMILES string of the molecule is COCc1ccccc1C(O)c1cccnc1. The van der Waals surface area contributed by atoms with Crippen LogP contribution in [0.3, 0.4) is 0 Å². The smallest absolute Gasteiger partial charge is 0.106 e. The Kier molecular flexibility index (Phi) is 3.85. The van der Waals surface area contributed by atoms with Crippen molar-refractivity contribution in [3.63, 3.8) is 0 Å². The van der Waals surface area contributed by atoms with Crippen LogP contribution in [0.25, 0.3) is 0 Å². The molecular formula is C14H15NO2. The zero-order valence-corrected chi connectivity index (χ0v) is 9.71. The molecule has 2 aromatic rings. The normalized spacial score (nSPS) is 12.4. The molecule has 0 fully saturated rings. The van der Waals surface area contributed by atoms with Crippen molar-refractivity contribution in [2.24, 2.45) is 0 Å². The van der Waals surface area contributed by atoms with Gasteiger partial charge in [0, 0.05) is 25.1 Å². The molecule has 17 heavy (non-hydrogen) atoms. The van der Waals surface area contributed by atoms with Gasteiger partial charge in [0.2, 0.25) is 0 Å². The third-order valence-electron chi connectivity index (χ3n) is 2.65. The molecule has 1 aromatic carbocycles. The molecule has 0 aliphatic rings. The van der Waals surface area contributed by atoms with E-state index in [1.165, 1.54) is 0 Å². The molecule has 1 heterocycles. The Morgan fingerprint density at radius 1 is 1.24 bits per heavy atom. The predicted octanol–water partition coefficient (Wildman–Crippen LogP) is 2.31. The highest BCUT2D eigenvalue weighted by molar-refractivity contribution is 5.34. The van der Waals surface area contributed by atoms with E-state index in [0.29, 0.717) is 6.61 Å². The molecule has 0 amide bonds. The molecule has 1 unspecified atom stereocenters. The lowest BCUT2D eigenvalue weighted by atomic mass is 9.98. The van der Waals surface area contributed by atoms with Crippen LogP contribution in [0.2, 0.25) is 0 Å². The van der Waals surface area contributed by atoms with Crippen molar-refractivity contribution in [3.8, 4) is 0 Å². The van der Waals surface area contributed by atoms with E-state index in [1.807, 2.05) is 36.4 Å². The molecule has 0 radical (unpaired) electrons. The van der Waals surface area contributed by atoms with Crippen LogP contribution >= 0.6 is 0 Å². The van der Waals surface area contributed by atoms with E-state index in [1.54, 1.807) is 19.5 Å². The molecule has 88 valence electrons. The predicted molar refractivity (Wildman–Crippen MR) is 65.5 cm³/mol. The summed E-state index contributed by atoms with van der Waals surface area (Å²) < 4.78 is 5.13. The first kappa shape index (κ1) is 11.8. The van der Waals surface area contributed by atoms with Gasteiger partial charge < -0.3 is 9.84 Å². The maximum absolute atomic E-state index is 10.3. The summed E-state index contributed by atoms with van der Waals surface area (Å²) >= 11 is 0. The minimum Gasteiger partial charge on any atom is -0.384 e. The zero-order valence-electron chi connectivity index (χ0n) is 9.71. The fourth-order valence-electron chi connectivity index (χ4n) is 1.81. The van der Waals surface area contributed by atoms with Crippen LogP contribution in [0.15, 0.2) is 48.8 Å². The Bertz CT molecular complexity index is 471. The number of ether oxygens (including phenoxy) is 1. The van der Waals surface area contributed by atoms with Crippen LogP contribution in [-0.4, -0.2) is 17.2 Å². The molecule has 1 atom stereocenters. The summed E-state index contributed by atoms with van der Waals surface area (Å²) in [6.07, 6.45) is 2.71. The molecular weight excluding hydrogens is 214 g/mol. The summed E-state index contributed by atoms with van der Waals surface area (Å²) in [5.74, 6) is 0. The summed E-state index contributed by atoms with van der Waals surface area (Å²) in [6.45, 7) is 0.494. The summed E-state index contributed by atoms with van der Waals surface area (Å²) in [4.78, 5) is 4.02. The Balaban J connectivity index is 2.33. The zero-order chi connectivity index (χ0) is 12.1. The number of rotatable bonds is 4. The van der Waals surface area contributed by atoms with E-state index in [0.717, 1.165) is 16.7 Å². The highest BCUT2D eigenvalue weighted by Crippen LogP contribution is 2.24. The fraction of sp³-hybridized carbons (Fsp3) is 0.214. The van der Waals surface area contributed by atoms with E-state index < -0.39 is 6.10 Å². The number of hydrogen-bond acceptors (Lipinski definition) is 3. The van der Waals surface area contributed by atoms with E-state index in [4.69, 9.17) is 4.74 Å². The van der Waals surface area contributed by atoms with Gasteiger partial charge in [-0.15, -0.1) is 0 Å². The van der Waals surface area contributed by atoms with Crippen molar-refractivity contribution in [1.29, 1.82) is 0 Å². The first-order valence-electron chi connectivity index (χ1n) is 5.47. The van der Waals surface area contributed by atoms with Crippen LogP contribution in [0, 0.1) is 0 Å². The number of hydrogen-bond donors (Lipinski definition) is 1. The molecule has 3 nitrogen and oxygen atoms in total. The van der Waals surface area contributed by atoms with Gasteiger partial charge in [-0.25, -0.2) is 0 Å². The number of nitrogens with zero attached hydrogens (tertiary/aromatic N) is 1. The number of pyridine rings is 1. The first-order chi connectivity index (χ1) is 8.33. The standard InChI is InChI=1S/C14H15NO2/c1-17-10-12-5-2-3-7-13(12)14(16)11-6-4-8-15-9-11/h2-9,14,16H,10H2,1H3. The van der Waals surface area contributed by atoms with Gasteiger partial charge in [0.25, 0.3) is 0 Å². The molecule has 0 saturated heterocycles. The van der Waals surface area contributed by atoms with Crippen molar-refractivity contribution < 1.29 is 9.84 Å². The second-order valence-electron chi connectivity index (χ2n) is 3.82. The number of aliphatic hydroxyl groups is 1. The van der Waals surface area contributed by atoms with Crippen LogP contribution < -0.4 is 0 Å². The van der Waals surface area contributed by atoms with E-state index in [2.05, 4.69) is 4.98 Å². The number of benzene rings is 1. The van der Waals surface area contributed by atoms with Gasteiger partial charge in [-0.1, -0.05) is 30.3 Å². The lowest BCUT2D eigenvalue weighted by molar-refractivity contribution is 0.176. The summed E-state index contributed by atoms with van der Waals surface area (Å²) in [7, 11) is 1.65. The summed E-state index contributed by atoms with van der Waals surface area (Å²) in [5.41, 5.74) is 2.64. The van der Waals surface area contributed by atoms with Crippen LogP contribution in [0.4, 0.5) is 0 Å². The maximum atomic E-state index is 10.3. The molecule has 1 N–H and O–H groups in total. The lowest BCUT2D eigenvalue weighted by Gasteiger charge is -2.15. The molecule has 0 aliphatic heterocycles. The quantitative estimate of drug-likeness (QED) is 0.874. The van der Waals surface area contributed by atoms with Crippen molar-refractivity contribution in [2.75, 3.05) is 7.11 Å². The molecule has 2 rings (SSSR count). The average molecular weight is 229 g/mol. The van der Waals surface area contributed by atoms with Crippen molar-refractivity contribution in [3.05, 3.63) is 65.5 Å². The molecule has 0 spiro atoms. The fourth-order valence-corrected chi connectivity index (χ4v) is 1.81. The molecule has 3 heteroatoms. The van der Waals surface area contributed by atoms with E-state index in [-0.39, 0.29) is 0 Å². The van der Waals surface area contributed by atoms with E-state index in [9.17, 15) is 5.11 Å². The molecule has 1 aromatic heterocycles. The second kappa shape index (κ2) is 5.57. The second-order valence-corrected chi connectivity index (χ2v) is 3.82. The Morgan fingerprint density at radius 2 is 2.06 bits per heavy atom. The average Bonchev–Trinajstić information content (AvgIpc) is 2.40. The van der Waals surface area contributed by atoms with Crippen molar-refractivity contribution in [2.45, 2.75) is 12.7 Å². The van der Waals surface area contributed by atoms with Crippen LogP contribution in [0.5, 0.6) is 0 Å². The molecule has 0 bridgehead atoms. The van der Waals surface area contributed by atoms with E-state index >= 15 is 0 Å². The van der Waals surface area contributed by atoms with Crippen molar-refractivity contribution in [1.82, 2.24) is 4.98 Å². The van der Waals surface area contributed by atoms with Crippen LogP contribution in [0.1, 0.15) is 22.8 Å². The Labute approximate surface area is 101 Å². The monoisotopic (exact) mass is 229 g/mol. The van der Waals surface area contributed by atoms with Gasteiger partial charge in [-0.3, -0.25) is 4.98 Å². The molecule has 0 aliphatic carbocycles. The Morgan fingerprint density at radius 3 is 2.76 bits per heavy atom. The number of aliphatic hydroxyl groups excluding tert-OH is 1. The summed E-state index contributed by atoms with van der Waals surface area (Å²) in [5, 5.41) is 10.3. The van der Waals surface area contributed by atoms with Crippen LogP contribution in [-0.2, 0) is 11.3 Å². The van der Waals surface area contributed by atoms with Gasteiger partial charge >= 0.3 is 0 Å². The van der Waals surface area contributed by atoms with Gasteiger partial charge in [0.15, 0.2) is 0 Å². The minimum absolute atomic E-state index is 0.494. The lowest BCUT2D eigenvalue weighted by Crippen LogP contribution is -2.04. The first-order valence-corrected chi connectivity index (χ1v) is 5.47. The third kappa shape index (κ3) is 2.70. The number of methoxy groups -OCH3 is 1. The highest BCUT2D eigenvalue weighted by atomic mass is 16.5. The minimum atomic E-state index is -0.657. The largest absolute Gasteiger partial charge is 0.384 e. The van der Waals surface area contributed by atoms with Crippen molar-refractivity contribution >= 4 is 0 Å². The van der Waals surface area contributed by atoms with Gasteiger partial charge in [0.1, 0.15) is 6.10 Å². The molecule has 0 saturated carbocycles. The van der Waals surface area contributed by atoms with Gasteiger partial charge in [0.05, 0.1) is 6.61 Å². The van der Waals surface area contributed by atoms with Gasteiger partial charge in [-0.05, 0) is 17.2 Å². The maximum Gasteiger partial charge on any atom is 0.106 e. The third-order valence-corrected chi connectivity index (χ3v) is 2.65.